The monoisotopic (exact) mass is 281 g/mol. The van der Waals surface area contributed by atoms with E-state index in [4.69, 9.17) is 0 Å². The largest absolute Gasteiger partial charge is 0.376 e. The average molecular weight is 281 g/mol. The van der Waals surface area contributed by atoms with Gasteiger partial charge in [-0.1, -0.05) is 0 Å². The van der Waals surface area contributed by atoms with E-state index >= 15 is 0 Å². The van der Waals surface area contributed by atoms with E-state index in [9.17, 15) is 4.79 Å². The van der Waals surface area contributed by atoms with E-state index in [2.05, 4.69) is 15.4 Å². The van der Waals surface area contributed by atoms with Crippen molar-refractivity contribution in [3.05, 3.63) is 54.6 Å². The molecule has 0 aliphatic carbocycles. The molecule has 0 aliphatic rings. The molecule has 0 atom stereocenters. The number of anilines is 2. The summed E-state index contributed by atoms with van der Waals surface area (Å²) in [6.07, 6.45) is 5.13. The zero-order valence-corrected chi connectivity index (χ0v) is 11.8. The SMILES string of the molecule is CN(C)c1cccnc1C(=O)Nc1cccn2nccc12. The van der Waals surface area contributed by atoms with Crippen LogP contribution in [-0.2, 0) is 0 Å². The predicted octanol–water partition coefficient (Wildman–Crippen LogP) is 2.05. The molecule has 0 saturated carbocycles. The average Bonchev–Trinajstić information content (AvgIpc) is 2.96. The second-order valence-corrected chi connectivity index (χ2v) is 4.80. The van der Waals surface area contributed by atoms with Gasteiger partial charge < -0.3 is 10.2 Å². The molecule has 0 aromatic carbocycles. The van der Waals surface area contributed by atoms with Crippen LogP contribution in [0.25, 0.3) is 5.52 Å². The lowest BCUT2D eigenvalue weighted by Crippen LogP contribution is -2.20. The fraction of sp³-hybridized carbons (Fsp3) is 0.133. The molecule has 6 nitrogen and oxygen atoms in total. The number of nitrogens with zero attached hydrogens (tertiary/aromatic N) is 4. The highest BCUT2D eigenvalue weighted by Crippen LogP contribution is 2.20. The Balaban J connectivity index is 1.95. The van der Waals surface area contributed by atoms with Crippen LogP contribution in [0.3, 0.4) is 0 Å². The molecule has 0 spiro atoms. The Hall–Kier alpha value is -2.89. The molecule has 1 amide bonds. The lowest BCUT2D eigenvalue weighted by atomic mass is 10.2. The van der Waals surface area contributed by atoms with Gasteiger partial charge in [-0.15, -0.1) is 0 Å². The minimum atomic E-state index is -0.242. The molecule has 3 rings (SSSR count). The number of nitrogens with one attached hydrogen (secondary N) is 1. The summed E-state index contributed by atoms with van der Waals surface area (Å²) in [5.41, 5.74) is 2.71. The summed E-state index contributed by atoms with van der Waals surface area (Å²) in [7, 11) is 3.76. The van der Waals surface area contributed by atoms with Crippen LogP contribution in [0.1, 0.15) is 10.5 Å². The third-order valence-electron chi connectivity index (χ3n) is 3.17. The van der Waals surface area contributed by atoms with Gasteiger partial charge in [-0.2, -0.15) is 5.10 Å². The Bertz CT molecular complexity index is 793. The molecular weight excluding hydrogens is 266 g/mol. The first-order chi connectivity index (χ1) is 10.2. The van der Waals surface area contributed by atoms with Gasteiger partial charge >= 0.3 is 0 Å². The van der Waals surface area contributed by atoms with Crippen LogP contribution < -0.4 is 10.2 Å². The summed E-state index contributed by atoms with van der Waals surface area (Å²) >= 11 is 0. The predicted molar refractivity (Wildman–Crippen MR) is 81.7 cm³/mol. The molecule has 6 heteroatoms. The van der Waals surface area contributed by atoms with Gasteiger partial charge in [0.05, 0.1) is 23.1 Å². The maximum atomic E-state index is 12.5. The molecule has 106 valence electrons. The van der Waals surface area contributed by atoms with Gasteiger partial charge in [0.1, 0.15) is 0 Å². The van der Waals surface area contributed by atoms with Crippen LogP contribution in [-0.4, -0.2) is 34.6 Å². The van der Waals surface area contributed by atoms with E-state index in [0.29, 0.717) is 11.4 Å². The van der Waals surface area contributed by atoms with Crippen molar-refractivity contribution >= 4 is 22.8 Å². The van der Waals surface area contributed by atoms with Gasteiger partial charge in [-0.25, -0.2) is 9.50 Å². The van der Waals surface area contributed by atoms with Crippen LogP contribution in [0.2, 0.25) is 0 Å². The molecule has 21 heavy (non-hydrogen) atoms. The standard InChI is InChI=1S/C15H15N5O/c1-19(2)13-6-3-8-16-14(13)15(21)18-11-5-4-10-20-12(11)7-9-17-20/h3-10H,1-2H3,(H,18,21). The number of pyridine rings is 2. The molecule has 0 bridgehead atoms. The summed E-state index contributed by atoms with van der Waals surface area (Å²) in [6, 6.07) is 9.19. The number of hydrogen-bond donors (Lipinski definition) is 1. The molecular formula is C15H15N5O. The van der Waals surface area contributed by atoms with Gasteiger partial charge in [0.15, 0.2) is 5.69 Å². The van der Waals surface area contributed by atoms with Gasteiger partial charge in [-0.3, -0.25) is 4.79 Å². The highest BCUT2D eigenvalue weighted by molar-refractivity contribution is 6.08. The van der Waals surface area contributed by atoms with Crippen molar-refractivity contribution in [3.63, 3.8) is 0 Å². The number of fused-ring (bicyclic) bond motifs is 1. The summed E-state index contributed by atoms with van der Waals surface area (Å²) < 4.78 is 1.71. The highest BCUT2D eigenvalue weighted by atomic mass is 16.1. The number of carbonyl (C=O) groups excluding carboxylic acids is 1. The Morgan fingerprint density at radius 2 is 2.05 bits per heavy atom. The zero-order valence-electron chi connectivity index (χ0n) is 11.8. The second kappa shape index (κ2) is 5.24. The molecule has 3 heterocycles. The van der Waals surface area contributed by atoms with E-state index in [0.717, 1.165) is 11.2 Å². The first-order valence-electron chi connectivity index (χ1n) is 6.53. The number of rotatable bonds is 3. The third kappa shape index (κ3) is 2.43. The maximum absolute atomic E-state index is 12.5. The number of carbonyl (C=O) groups is 1. The van der Waals surface area contributed by atoms with Crippen molar-refractivity contribution in [2.45, 2.75) is 0 Å². The van der Waals surface area contributed by atoms with Crippen LogP contribution in [0.15, 0.2) is 48.9 Å². The van der Waals surface area contributed by atoms with Crippen LogP contribution in [0.5, 0.6) is 0 Å². The maximum Gasteiger partial charge on any atom is 0.276 e. The smallest absolute Gasteiger partial charge is 0.276 e. The lowest BCUT2D eigenvalue weighted by molar-refractivity contribution is 0.102. The van der Waals surface area contributed by atoms with Gasteiger partial charge in [0.2, 0.25) is 0 Å². The summed E-state index contributed by atoms with van der Waals surface area (Å²) in [6.45, 7) is 0. The Morgan fingerprint density at radius 1 is 1.19 bits per heavy atom. The Morgan fingerprint density at radius 3 is 2.86 bits per heavy atom. The molecule has 0 unspecified atom stereocenters. The van der Waals surface area contributed by atoms with Crippen molar-refractivity contribution in [3.8, 4) is 0 Å². The van der Waals surface area contributed by atoms with E-state index < -0.39 is 0 Å². The minimum absolute atomic E-state index is 0.242. The topological polar surface area (TPSA) is 62.5 Å². The highest BCUT2D eigenvalue weighted by Gasteiger charge is 2.15. The third-order valence-corrected chi connectivity index (χ3v) is 3.17. The quantitative estimate of drug-likeness (QED) is 0.798. The zero-order chi connectivity index (χ0) is 14.8. The molecule has 0 aliphatic heterocycles. The van der Waals surface area contributed by atoms with Crippen molar-refractivity contribution in [1.29, 1.82) is 0 Å². The van der Waals surface area contributed by atoms with Gasteiger partial charge in [0, 0.05) is 26.5 Å². The lowest BCUT2D eigenvalue weighted by Gasteiger charge is -2.16. The van der Waals surface area contributed by atoms with Crippen molar-refractivity contribution in [2.24, 2.45) is 0 Å². The van der Waals surface area contributed by atoms with E-state index in [-0.39, 0.29) is 5.91 Å². The fourth-order valence-electron chi connectivity index (χ4n) is 2.17. The minimum Gasteiger partial charge on any atom is -0.376 e. The van der Waals surface area contributed by atoms with E-state index in [1.54, 1.807) is 16.9 Å². The molecule has 0 radical (unpaired) electrons. The van der Waals surface area contributed by atoms with Crippen molar-refractivity contribution in [1.82, 2.24) is 14.6 Å². The Labute approximate surface area is 122 Å². The van der Waals surface area contributed by atoms with Crippen LogP contribution in [0.4, 0.5) is 11.4 Å². The number of hydrogen-bond acceptors (Lipinski definition) is 4. The molecule has 1 N–H and O–H groups in total. The number of amides is 1. The first-order valence-corrected chi connectivity index (χ1v) is 6.53. The van der Waals surface area contributed by atoms with Crippen LogP contribution >= 0.6 is 0 Å². The van der Waals surface area contributed by atoms with E-state index in [1.165, 1.54) is 0 Å². The fourth-order valence-corrected chi connectivity index (χ4v) is 2.17. The Kier molecular flexibility index (Phi) is 3.27. The molecule has 0 fully saturated rings. The van der Waals surface area contributed by atoms with E-state index in [1.807, 2.05) is 55.5 Å². The summed E-state index contributed by atoms with van der Waals surface area (Å²) in [5.74, 6) is -0.242. The summed E-state index contributed by atoms with van der Waals surface area (Å²) in [5, 5.41) is 7.04. The van der Waals surface area contributed by atoms with Gasteiger partial charge in [-0.05, 0) is 30.3 Å². The second-order valence-electron chi connectivity index (χ2n) is 4.80. The molecule has 0 saturated heterocycles. The summed E-state index contributed by atoms with van der Waals surface area (Å²) in [4.78, 5) is 18.5. The van der Waals surface area contributed by atoms with Gasteiger partial charge in [0.25, 0.3) is 5.91 Å². The number of aromatic nitrogens is 3. The first kappa shape index (κ1) is 13.1. The molecule has 3 aromatic heterocycles. The van der Waals surface area contributed by atoms with Crippen molar-refractivity contribution in [2.75, 3.05) is 24.3 Å². The van der Waals surface area contributed by atoms with Crippen LogP contribution in [0, 0.1) is 0 Å². The molecule has 3 aromatic rings. The normalized spacial score (nSPS) is 10.6. The van der Waals surface area contributed by atoms with Crippen molar-refractivity contribution < 1.29 is 4.79 Å².